The second-order valence-electron chi connectivity index (χ2n) is 5.65. The van der Waals surface area contributed by atoms with Gasteiger partial charge in [-0.1, -0.05) is 24.7 Å². The van der Waals surface area contributed by atoms with E-state index in [2.05, 4.69) is 23.9 Å². The predicted molar refractivity (Wildman–Crippen MR) is 83.2 cm³/mol. The Morgan fingerprint density at radius 1 is 1.35 bits per heavy atom. The fourth-order valence-corrected chi connectivity index (χ4v) is 3.95. The van der Waals surface area contributed by atoms with Crippen LogP contribution >= 0.6 is 11.3 Å². The van der Waals surface area contributed by atoms with Gasteiger partial charge < -0.3 is 14.7 Å². The minimum Gasteiger partial charge on any atom is -0.391 e. The zero-order valence-corrected chi connectivity index (χ0v) is 13.6. The summed E-state index contributed by atoms with van der Waals surface area (Å²) in [6.45, 7) is 2.82. The molecular formula is C15H26N2O2S. The van der Waals surface area contributed by atoms with Crippen LogP contribution in [0.2, 0.25) is 0 Å². The summed E-state index contributed by atoms with van der Waals surface area (Å²) in [4.78, 5) is 7.87. The van der Waals surface area contributed by atoms with E-state index >= 15 is 0 Å². The lowest BCUT2D eigenvalue weighted by Crippen LogP contribution is -2.35. The van der Waals surface area contributed by atoms with Gasteiger partial charge in [0, 0.05) is 20.2 Å². The molecule has 1 aromatic heterocycles. The van der Waals surface area contributed by atoms with Crippen LogP contribution in [0.4, 0.5) is 5.13 Å². The van der Waals surface area contributed by atoms with Gasteiger partial charge in [0.1, 0.15) is 0 Å². The lowest BCUT2D eigenvalue weighted by atomic mass is 9.84. The Hall–Kier alpha value is -0.650. The maximum absolute atomic E-state index is 9.41. The first-order chi connectivity index (χ1) is 9.69. The van der Waals surface area contributed by atoms with Crippen molar-refractivity contribution >= 4 is 16.5 Å². The van der Waals surface area contributed by atoms with Crippen LogP contribution in [0.1, 0.15) is 49.6 Å². The number of aromatic nitrogens is 1. The molecule has 1 N–H and O–H groups in total. The summed E-state index contributed by atoms with van der Waals surface area (Å²) in [5.41, 5.74) is 0.879. The maximum atomic E-state index is 9.41. The van der Waals surface area contributed by atoms with Crippen LogP contribution in [0.3, 0.4) is 0 Å². The van der Waals surface area contributed by atoms with E-state index in [0.29, 0.717) is 12.6 Å². The molecule has 1 fully saturated rings. The van der Waals surface area contributed by atoms with Gasteiger partial charge in [0.25, 0.3) is 0 Å². The normalized spacial score (nSPS) is 23.0. The largest absolute Gasteiger partial charge is 0.391 e. The summed E-state index contributed by atoms with van der Waals surface area (Å²) in [7, 11) is 3.80. The highest BCUT2D eigenvalue weighted by atomic mass is 32.1. The molecule has 0 bridgehead atoms. The fourth-order valence-electron chi connectivity index (χ4n) is 2.99. The van der Waals surface area contributed by atoms with Crippen molar-refractivity contribution in [3.8, 4) is 0 Å². The van der Waals surface area contributed by atoms with Gasteiger partial charge in [-0.3, -0.25) is 0 Å². The molecule has 0 radical (unpaired) electrons. The van der Waals surface area contributed by atoms with E-state index in [-0.39, 0.29) is 6.61 Å². The molecule has 0 aromatic carbocycles. The van der Waals surface area contributed by atoms with Crippen molar-refractivity contribution in [2.75, 3.05) is 19.1 Å². The molecule has 0 saturated heterocycles. The second-order valence-corrected chi connectivity index (χ2v) is 6.71. The van der Waals surface area contributed by atoms with E-state index in [1.807, 2.05) is 0 Å². The number of anilines is 1. The van der Waals surface area contributed by atoms with Gasteiger partial charge in [-0.2, -0.15) is 0 Å². The summed E-state index contributed by atoms with van der Waals surface area (Å²) >= 11 is 1.59. The van der Waals surface area contributed by atoms with Crippen molar-refractivity contribution in [2.45, 2.75) is 58.3 Å². The van der Waals surface area contributed by atoms with Crippen molar-refractivity contribution in [3.63, 3.8) is 0 Å². The van der Waals surface area contributed by atoms with Crippen LogP contribution in [0.15, 0.2) is 0 Å². The molecule has 1 saturated carbocycles. The van der Waals surface area contributed by atoms with Crippen LogP contribution < -0.4 is 4.90 Å². The molecule has 2 rings (SSSR count). The van der Waals surface area contributed by atoms with Gasteiger partial charge in [0.2, 0.25) is 0 Å². The number of ether oxygens (including phenoxy) is 1. The van der Waals surface area contributed by atoms with Gasteiger partial charge in [-0.05, 0) is 31.6 Å². The molecule has 0 spiro atoms. The van der Waals surface area contributed by atoms with Crippen LogP contribution in [0.5, 0.6) is 0 Å². The number of hydrogen-bond donors (Lipinski definition) is 1. The van der Waals surface area contributed by atoms with Crippen molar-refractivity contribution in [2.24, 2.45) is 5.92 Å². The highest BCUT2D eigenvalue weighted by molar-refractivity contribution is 7.15. The zero-order valence-electron chi connectivity index (χ0n) is 12.8. The smallest absolute Gasteiger partial charge is 0.185 e. The van der Waals surface area contributed by atoms with Gasteiger partial charge in [-0.25, -0.2) is 4.98 Å². The maximum Gasteiger partial charge on any atom is 0.185 e. The molecule has 4 nitrogen and oxygen atoms in total. The molecule has 1 aromatic rings. The summed E-state index contributed by atoms with van der Waals surface area (Å²) in [5, 5.41) is 10.4. The number of aliphatic hydroxyl groups excluding tert-OH is 1. The van der Waals surface area contributed by atoms with Gasteiger partial charge >= 0.3 is 0 Å². The molecule has 0 atom stereocenters. The Bertz CT molecular complexity index is 414. The highest BCUT2D eigenvalue weighted by Crippen LogP contribution is 2.34. The number of nitrogens with zero attached hydrogens (tertiary/aromatic N) is 2. The second kappa shape index (κ2) is 7.38. The molecule has 20 heavy (non-hydrogen) atoms. The molecule has 114 valence electrons. The van der Waals surface area contributed by atoms with Crippen LogP contribution in [-0.4, -0.2) is 30.3 Å². The third kappa shape index (κ3) is 3.51. The summed E-state index contributed by atoms with van der Waals surface area (Å²) in [5.74, 6) is 0.910. The van der Waals surface area contributed by atoms with E-state index in [4.69, 9.17) is 4.74 Å². The van der Waals surface area contributed by atoms with Crippen molar-refractivity contribution in [1.29, 1.82) is 0 Å². The summed E-state index contributed by atoms with van der Waals surface area (Å²) in [6, 6.07) is 0.589. The average molecular weight is 298 g/mol. The van der Waals surface area contributed by atoms with Gasteiger partial charge in [0.05, 0.1) is 23.8 Å². The number of rotatable bonds is 6. The van der Waals surface area contributed by atoms with Crippen LogP contribution in [0.25, 0.3) is 0 Å². The Kier molecular flexibility index (Phi) is 5.81. The minimum absolute atomic E-state index is 0.0484. The summed E-state index contributed by atoms with van der Waals surface area (Å²) in [6.07, 6.45) is 6.47. The molecule has 1 aliphatic rings. The summed E-state index contributed by atoms with van der Waals surface area (Å²) < 4.78 is 5.15. The molecule has 5 heteroatoms. The average Bonchev–Trinajstić information content (AvgIpc) is 2.90. The SMILES string of the molecule is CCC1CCC(N(C)c2nc(COC)c(CO)s2)CC1. The predicted octanol–water partition coefficient (Wildman–Crippen LogP) is 3.19. The van der Waals surface area contributed by atoms with E-state index in [1.54, 1.807) is 18.4 Å². The Balaban J connectivity index is 2.03. The van der Waals surface area contributed by atoms with E-state index in [0.717, 1.165) is 21.6 Å². The Labute approximate surface area is 125 Å². The van der Waals surface area contributed by atoms with Crippen molar-refractivity contribution < 1.29 is 9.84 Å². The van der Waals surface area contributed by atoms with Gasteiger partial charge in [0.15, 0.2) is 5.13 Å². The first kappa shape index (κ1) is 15.7. The fraction of sp³-hybridized carbons (Fsp3) is 0.800. The third-order valence-electron chi connectivity index (χ3n) is 4.43. The molecule has 0 unspecified atom stereocenters. The number of thiazole rings is 1. The Morgan fingerprint density at radius 3 is 2.60 bits per heavy atom. The standard InChI is InChI=1S/C15H26N2O2S/c1-4-11-5-7-12(8-6-11)17(2)15-16-13(10-19-3)14(9-18)20-15/h11-12,18H,4-10H2,1-3H3. The zero-order chi connectivity index (χ0) is 14.5. The molecule has 1 heterocycles. The highest BCUT2D eigenvalue weighted by Gasteiger charge is 2.25. The van der Waals surface area contributed by atoms with Crippen LogP contribution in [-0.2, 0) is 18.0 Å². The van der Waals surface area contributed by atoms with E-state index < -0.39 is 0 Å². The minimum atomic E-state index is 0.0484. The quantitative estimate of drug-likeness (QED) is 0.876. The number of methoxy groups -OCH3 is 1. The lowest BCUT2D eigenvalue weighted by molar-refractivity contribution is 0.179. The molecular weight excluding hydrogens is 272 g/mol. The molecule has 0 amide bonds. The third-order valence-corrected chi connectivity index (χ3v) is 5.61. The topological polar surface area (TPSA) is 45.6 Å². The van der Waals surface area contributed by atoms with Crippen molar-refractivity contribution in [3.05, 3.63) is 10.6 Å². The van der Waals surface area contributed by atoms with Crippen molar-refractivity contribution in [1.82, 2.24) is 4.98 Å². The van der Waals surface area contributed by atoms with E-state index in [9.17, 15) is 5.11 Å². The Morgan fingerprint density at radius 2 is 2.05 bits per heavy atom. The monoisotopic (exact) mass is 298 g/mol. The first-order valence-electron chi connectivity index (χ1n) is 7.50. The van der Waals surface area contributed by atoms with E-state index in [1.165, 1.54) is 32.1 Å². The molecule has 0 aliphatic heterocycles. The van der Waals surface area contributed by atoms with Gasteiger partial charge in [-0.15, -0.1) is 0 Å². The molecule has 1 aliphatic carbocycles. The number of aliphatic hydroxyl groups is 1. The first-order valence-corrected chi connectivity index (χ1v) is 8.32. The number of hydrogen-bond acceptors (Lipinski definition) is 5. The lowest BCUT2D eigenvalue weighted by Gasteiger charge is -2.34. The van der Waals surface area contributed by atoms with Crippen LogP contribution in [0, 0.1) is 5.92 Å².